The van der Waals surface area contributed by atoms with E-state index in [0.29, 0.717) is 18.5 Å². The summed E-state index contributed by atoms with van der Waals surface area (Å²) in [4.78, 5) is 25.7. The van der Waals surface area contributed by atoms with Gasteiger partial charge in [0.15, 0.2) is 11.3 Å². The molecular weight excluding hydrogens is 328 g/mol. The minimum Gasteiger partial charge on any atom is -0.465 e. The molecule has 0 radical (unpaired) electrons. The van der Waals surface area contributed by atoms with Gasteiger partial charge in [0.25, 0.3) is 0 Å². The first kappa shape index (κ1) is 16.6. The van der Waals surface area contributed by atoms with Crippen LogP contribution in [-0.4, -0.2) is 30.9 Å². The first-order valence-corrected chi connectivity index (χ1v) is 8.69. The predicted octanol–water partition coefficient (Wildman–Crippen LogP) is 3.82. The second-order valence-electron chi connectivity index (χ2n) is 7.04. The Kier molecular flexibility index (Phi) is 3.75. The third-order valence-corrected chi connectivity index (χ3v) is 5.65. The van der Waals surface area contributed by atoms with Gasteiger partial charge in [-0.05, 0) is 42.2 Å². The molecule has 1 aliphatic carbocycles. The van der Waals surface area contributed by atoms with Gasteiger partial charge in [0.1, 0.15) is 0 Å². The van der Waals surface area contributed by atoms with Gasteiger partial charge in [-0.3, -0.25) is 4.79 Å². The molecule has 0 amide bonds. The van der Waals surface area contributed by atoms with Gasteiger partial charge < -0.3 is 4.74 Å². The van der Waals surface area contributed by atoms with Crippen molar-refractivity contribution in [1.82, 2.24) is 0 Å². The van der Waals surface area contributed by atoms with Crippen LogP contribution in [0.4, 0.5) is 0 Å². The van der Waals surface area contributed by atoms with Crippen LogP contribution >= 0.6 is 0 Å². The van der Waals surface area contributed by atoms with E-state index in [9.17, 15) is 9.59 Å². The van der Waals surface area contributed by atoms with Crippen LogP contribution in [0.25, 0.3) is 0 Å². The van der Waals surface area contributed by atoms with Crippen molar-refractivity contribution in [2.24, 2.45) is 10.2 Å². The summed E-state index contributed by atoms with van der Waals surface area (Å²) in [7, 11) is 1.36. The molecule has 0 N–H and O–H groups in total. The van der Waals surface area contributed by atoms with Crippen molar-refractivity contribution in [3.05, 3.63) is 69.8 Å². The summed E-state index contributed by atoms with van der Waals surface area (Å²) >= 11 is 0. The Hall–Kier alpha value is -2.82. The average molecular weight is 348 g/mol. The highest BCUT2D eigenvalue weighted by Gasteiger charge is 2.55. The van der Waals surface area contributed by atoms with Crippen LogP contribution in [0, 0.1) is 13.8 Å². The van der Waals surface area contributed by atoms with Gasteiger partial charge in [-0.25, -0.2) is 4.79 Å². The van der Waals surface area contributed by atoms with E-state index in [4.69, 9.17) is 4.74 Å². The van der Waals surface area contributed by atoms with Crippen molar-refractivity contribution in [2.45, 2.75) is 31.7 Å². The van der Waals surface area contributed by atoms with Gasteiger partial charge in [0.05, 0.1) is 19.2 Å². The van der Waals surface area contributed by atoms with Crippen molar-refractivity contribution in [3.63, 3.8) is 0 Å². The highest BCUT2D eigenvalue weighted by atomic mass is 16.5. The van der Waals surface area contributed by atoms with Gasteiger partial charge in [-0.2, -0.15) is 10.2 Å². The van der Waals surface area contributed by atoms with Gasteiger partial charge in [-0.1, -0.05) is 30.3 Å². The van der Waals surface area contributed by atoms with Crippen LogP contribution in [0.3, 0.4) is 0 Å². The number of aryl methyl sites for hydroxylation is 2. The Bertz CT molecular complexity index is 964. The summed E-state index contributed by atoms with van der Waals surface area (Å²) in [5.74, 6) is -0.658. The molecule has 2 atom stereocenters. The zero-order valence-electron chi connectivity index (χ0n) is 15.1. The maximum Gasteiger partial charge on any atom is 0.338 e. The van der Waals surface area contributed by atoms with Gasteiger partial charge in [0, 0.05) is 17.9 Å². The fourth-order valence-corrected chi connectivity index (χ4v) is 4.26. The van der Waals surface area contributed by atoms with E-state index in [2.05, 4.69) is 10.2 Å². The highest BCUT2D eigenvalue weighted by Crippen LogP contribution is 2.48. The molecule has 0 saturated carbocycles. The molecule has 1 aliphatic heterocycles. The molecular formula is C21H20N2O3. The quantitative estimate of drug-likeness (QED) is 0.775. The maximum atomic E-state index is 13.5. The zero-order valence-corrected chi connectivity index (χ0v) is 15.1. The monoisotopic (exact) mass is 348 g/mol. The molecule has 2 aromatic rings. The Labute approximate surface area is 152 Å². The molecule has 4 rings (SSSR count). The average Bonchev–Trinajstić information content (AvgIpc) is 3.21. The fourth-order valence-electron chi connectivity index (χ4n) is 4.26. The number of methoxy groups -OCH3 is 1. The van der Waals surface area contributed by atoms with E-state index in [1.807, 2.05) is 38.1 Å². The van der Waals surface area contributed by atoms with Crippen molar-refractivity contribution < 1.29 is 14.3 Å². The molecule has 132 valence electrons. The van der Waals surface area contributed by atoms with E-state index in [1.165, 1.54) is 7.11 Å². The molecule has 1 spiro atoms. The minimum absolute atomic E-state index is 0.0135. The van der Waals surface area contributed by atoms with Crippen molar-refractivity contribution in [2.75, 3.05) is 13.7 Å². The lowest BCUT2D eigenvalue weighted by Gasteiger charge is -2.27. The molecule has 0 unspecified atom stereocenters. The number of ether oxygens (including phenoxy) is 1. The van der Waals surface area contributed by atoms with E-state index in [-0.39, 0.29) is 11.7 Å². The maximum absolute atomic E-state index is 13.5. The van der Waals surface area contributed by atoms with E-state index in [0.717, 1.165) is 27.8 Å². The summed E-state index contributed by atoms with van der Waals surface area (Å²) in [6.07, 6.45) is 0.526. The number of nitrogens with zero attached hydrogens (tertiary/aromatic N) is 2. The minimum atomic E-state index is -0.955. The van der Waals surface area contributed by atoms with Crippen molar-refractivity contribution in [1.29, 1.82) is 0 Å². The number of carbonyl (C=O) groups excluding carboxylic acids is 2. The van der Waals surface area contributed by atoms with E-state index in [1.54, 1.807) is 12.1 Å². The Morgan fingerprint density at radius 1 is 1.15 bits per heavy atom. The summed E-state index contributed by atoms with van der Waals surface area (Å²) in [5, 5.41) is 8.70. The zero-order chi connectivity index (χ0) is 18.5. The summed E-state index contributed by atoms with van der Waals surface area (Å²) in [5.41, 5.74) is 4.18. The molecule has 2 aromatic carbocycles. The van der Waals surface area contributed by atoms with E-state index >= 15 is 0 Å². The van der Waals surface area contributed by atoms with Crippen LogP contribution in [0.5, 0.6) is 0 Å². The highest BCUT2D eigenvalue weighted by molar-refractivity contribution is 6.10. The first-order chi connectivity index (χ1) is 12.5. The molecule has 0 bridgehead atoms. The number of azo groups is 1. The van der Waals surface area contributed by atoms with E-state index < -0.39 is 11.5 Å². The van der Waals surface area contributed by atoms with Crippen molar-refractivity contribution >= 4 is 11.8 Å². The van der Waals surface area contributed by atoms with Crippen LogP contribution in [0.2, 0.25) is 0 Å². The number of hydrogen-bond acceptors (Lipinski definition) is 5. The molecule has 1 heterocycles. The molecule has 0 aromatic heterocycles. The molecule has 0 saturated heterocycles. The largest absolute Gasteiger partial charge is 0.465 e. The van der Waals surface area contributed by atoms with Gasteiger partial charge in [-0.15, -0.1) is 0 Å². The summed E-state index contributed by atoms with van der Waals surface area (Å²) in [6, 6.07) is 11.3. The second kappa shape index (κ2) is 5.87. The van der Waals surface area contributed by atoms with Crippen LogP contribution in [0.15, 0.2) is 46.6 Å². The van der Waals surface area contributed by atoms with Gasteiger partial charge in [0.2, 0.25) is 0 Å². The molecule has 2 aliphatic rings. The number of ketones is 1. The number of Topliss-reactive ketones (excluding diaryl/α,β-unsaturated/α-hetero) is 1. The molecule has 5 heteroatoms. The SMILES string of the molecule is COC(=O)c1ccccc1[C@H]1CN=N[C@@]12Cc1c(C)ccc(C)c1C2=O. The Morgan fingerprint density at radius 3 is 2.62 bits per heavy atom. The van der Waals surface area contributed by atoms with Crippen LogP contribution in [-0.2, 0) is 11.2 Å². The number of hydrogen-bond donors (Lipinski definition) is 0. The number of rotatable bonds is 2. The van der Waals surface area contributed by atoms with Gasteiger partial charge >= 0.3 is 5.97 Å². The topological polar surface area (TPSA) is 68.1 Å². The summed E-state index contributed by atoms with van der Waals surface area (Å²) in [6.45, 7) is 4.37. The Morgan fingerprint density at radius 2 is 1.88 bits per heavy atom. The smallest absolute Gasteiger partial charge is 0.338 e. The number of benzene rings is 2. The lowest BCUT2D eigenvalue weighted by Crippen LogP contribution is -2.39. The standard InChI is InChI=1S/C21H20N2O3/c1-12-8-9-13(2)18-16(12)10-21(19(18)24)17(11-22-23-21)14-6-4-5-7-15(14)20(25)26-3/h4-9,17H,10-11H2,1-3H3/t17-,21+/m1/s1. The fraction of sp³-hybridized carbons (Fsp3) is 0.333. The number of fused-ring (bicyclic) bond motifs is 1. The molecule has 26 heavy (non-hydrogen) atoms. The summed E-state index contributed by atoms with van der Waals surface area (Å²) < 4.78 is 4.93. The number of carbonyl (C=O) groups is 2. The Balaban J connectivity index is 1.86. The predicted molar refractivity (Wildman–Crippen MR) is 96.9 cm³/mol. The number of esters is 1. The normalized spacial score (nSPS) is 23.5. The van der Waals surface area contributed by atoms with Crippen LogP contribution < -0.4 is 0 Å². The lowest BCUT2D eigenvalue weighted by atomic mass is 9.76. The molecule has 5 nitrogen and oxygen atoms in total. The van der Waals surface area contributed by atoms with Crippen molar-refractivity contribution in [3.8, 4) is 0 Å². The van der Waals surface area contributed by atoms with Crippen LogP contribution in [0.1, 0.15) is 48.9 Å². The lowest BCUT2D eigenvalue weighted by molar-refractivity contribution is 0.0597. The first-order valence-electron chi connectivity index (χ1n) is 8.69. The second-order valence-corrected chi connectivity index (χ2v) is 7.04. The third-order valence-electron chi connectivity index (χ3n) is 5.65. The third kappa shape index (κ3) is 2.16. The molecule has 0 fully saturated rings.